The molecule has 0 saturated carbocycles. The number of nitrogens with zero attached hydrogens (tertiary/aromatic N) is 2. The second kappa shape index (κ2) is 7.70. The van der Waals surface area contributed by atoms with Crippen LogP contribution in [0.2, 0.25) is 0 Å². The molecule has 0 unspecified atom stereocenters. The van der Waals surface area contributed by atoms with Crippen LogP contribution in [0.1, 0.15) is 30.1 Å². The van der Waals surface area contributed by atoms with Crippen molar-refractivity contribution in [3.05, 3.63) is 45.9 Å². The number of rotatable bonds is 6. The summed E-state index contributed by atoms with van der Waals surface area (Å²) < 4.78 is 5.39. The number of amides is 1. The molecule has 6 heteroatoms. The molecule has 1 aromatic carbocycles. The predicted octanol–water partition coefficient (Wildman–Crippen LogP) is 2.93. The number of thiazole rings is 1. The molecule has 22 heavy (non-hydrogen) atoms. The van der Waals surface area contributed by atoms with Crippen molar-refractivity contribution < 1.29 is 9.53 Å². The fraction of sp³-hybridized carbons (Fsp3) is 0.312. The van der Waals surface area contributed by atoms with E-state index in [-0.39, 0.29) is 12.3 Å². The minimum Gasteiger partial charge on any atom is -0.494 e. The number of hydrazone groups is 1. The van der Waals surface area contributed by atoms with Crippen molar-refractivity contribution >= 4 is 23.0 Å². The van der Waals surface area contributed by atoms with Gasteiger partial charge in [0.2, 0.25) is 5.91 Å². The molecule has 2 rings (SSSR count). The molecule has 1 heterocycles. The summed E-state index contributed by atoms with van der Waals surface area (Å²) in [6.07, 6.45) is 0.240. The van der Waals surface area contributed by atoms with Gasteiger partial charge in [-0.3, -0.25) is 4.79 Å². The molecule has 2 aromatic rings. The summed E-state index contributed by atoms with van der Waals surface area (Å²) in [6, 6.07) is 7.61. The first-order valence-electron chi connectivity index (χ1n) is 7.06. The van der Waals surface area contributed by atoms with Crippen molar-refractivity contribution in [2.45, 2.75) is 27.2 Å². The summed E-state index contributed by atoms with van der Waals surface area (Å²) in [5, 5.41) is 6.97. The van der Waals surface area contributed by atoms with E-state index in [4.69, 9.17) is 4.74 Å². The highest BCUT2D eigenvalue weighted by Crippen LogP contribution is 2.12. The van der Waals surface area contributed by atoms with Crippen molar-refractivity contribution in [2.24, 2.45) is 5.10 Å². The van der Waals surface area contributed by atoms with Gasteiger partial charge in [-0.15, -0.1) is 11.3 Å². The Balaban J connectivity index is 1.92. The van der Waals surface area contributed by atoms with Crippen LogP contribution in [0.5, 0.6) is 5.75 Å². The Kier molecular flexibility index (Phi) is 5.66. The average Bonchev–Trinajstić information content (AvgIpc) is 2.91. The summed E-state index contributed by atoms with van der Waals surface area (Å²) in [6.45, 7) is 6.35. The molecular weight excluding hydrogens is 298 g/mol. The fourth-order valence-electron chi connectivity index (χ4n) is 1.86. The first-order chi connectivity index (χ1) is 10.6. The van der Waals surface area contributed by atoms with Crippen LogP contribution in [0.3, 0.4) is 0 Å². The van der Waals surface area contributed by atoms with Gasteiger partial charge in [-0.1, -0.05) is 0 Å². The third-order valence-corrected chi connectivity index (χ3v) is 3.76. The van der Waals surface area contributed by atoms with Crippen LogP contribution in [0.4, 0.5) is 0 Å². The highest BCUT2D eigenvalue weighted by molar-refractivity contribution is 7.09. The van der Waals surface area contributed by atoms with E-state index in [1.807, 2.05) is 50.4 Å². The smallest absolute Gasteiger partial charge is 0.246 e. The van der Waals surface area contributed by atoms with Crippen LogP contribution in [0.15, 0.2) is 34.7 Å². The molecule has 0 radical (unpaired) electrons. The number of benzene rings is 1. The SMILES string of the molecule is CCOc1ccc(/C(C)=N\NC(=O)Cc2csc(C)n2)cc1. The van der Waals surface area contributed by atoms with Crippen molar-refractivity contribution in [3.63, 3.8) is 0 Å². The van der Waals surface area contributed by atoms with Crippen LogP contribution in [-0.4, -0.2) is 23.2 Å². The molecule has 116 valence electrons. The van der Waals surface area contributed by atoms with E-state index in [9.17, 15) is 4.79 Å². The van der Waals surface area contributed by atoms with E-state index in [1.165, 1.54) is 11.3 Å². The Morgan fingerprint density at radius 2 is 2.09 bits per heavy atom. The Hall–Kier alpha value is -2.21. The van der Waals surface area contributed by atoms with Crippen molar-refractivity contribution in [2.75, 3.05) is 6.61 Å². The minimum absolute atomic E-state index is 0.171. The van der Waals surface area contributed by atoms with E-state index >= 15 is 0 Å². The topological polar surface area (TPSA) is 63.6 Å². The Bertz CT molecular complexity index is 662. The maximum Gasteiger partial charge on any atom is 0.246 e. The molecule has 0 spiro atoms. The van der Waals surface area contributed by atoms with Gasteiger partial charge < -0.3 is 4.74 Å². The van der Waals surface area contributed by atoms with Crippen molar-refractivity contribution in [1.82, 2.24) is 10.4 Å². The molecular formula is C16H19N3O2S. The van der Waals surface area contributed by atoms with Crippen LogP contribution in [0, 0.1) is 6.92 Å². The number of aromatic nitrogens is 1. The largest absolute Gasteiger partial charge is 0.494 e. The van der Waals surface area contributed by atoms with Gasteiger partial charge in [0.25, 0.3) is 0 Å². The van der Waals surface area contributed by atoms with Crippen LogP contribution < -0.4 is 10.2 Å². The lowest BCUT2D eigenvalue weighted by molar-refractivity contribution is -0.120. The van der Waals surface area contributed by atoms with E-state index in [0.29, 0.717) is 6.61 Å². The van der Waals surface area contributed by atoms with Gasteiger partial charge in [-0.05, 0) is 50.6 Å². The monoisotopic (exact) mass is 317 g/mol. The number of aryl methyl sites for hydroxylation is 1. The number of ether oxygens (including phenoxy) is 1. The van der Waals surface area contributed by atoms with Crippen LogP contribution in [0.25, 0.3) is 0 Å². The molecule has 0 saturated heterocycles. The molecule has 0 aliphatic rings. The zero-order chi connectivity index (χ0) is 15.9. The quantitative estimate of drug-likeness (QED) is 0.658. The van der Waals surface area contributed by atoms with Gasteiger partial charge in [-0.2, -0.15) is 5.10 Å². The highest BCUT2D eigenvalue weighted by atomic mass is 32.1. The van der Waals surface area contributed by atoms with Crippen molar-refractivity contribution in [1.29, 1.82) is 0 Å². The zero-order valence-electron chi connectivity index (χ0n) is 12.9. The van der Waals surface area contributed by atoms with E-state index < -0.39 is 0 Å². The maximum absolute atomic E-state index is 11.8. The number of nitrogens with one attached hydrogen (secondary N) is 1. The summed E-state index contributed by atoms with van der Waals surface area (Å²) in [5.74, 6) is 0.651. The molecule has 5 nitrogen and oxygen atoms in total. The predicted molar refractivity (Wildman–Crippen MR) is 88.5 cm³/mol. The number of carbonyl (C=O) groups excluding carboxylic acids is 1. The first kappa shape index (κ1) is 16.2. The lowest BCUT2D eigenvalue weighted by Crippen LogP contribution is -2.21. The number of hydrogen-bond donors (Lipinski definition) is 1. The molecule has 1 aromatic heterocycles. The van der Waals surface area contributed by atoms with Gasteiger partial charge in [0.1, 0.15) is 5.75 Å². The third-order valence-electron chi connectivity index (χ3n) is 2.94. The summed E-state index contributed by atoms with van der Waals surface area (Å²) in [5.41, 5.74) is 5.01. The van der Waals surface area contributed by atoms with Crippen LogP contribution in [-0.2, 0) is 11.2 Å². The highest BCUT2D eigenvalue weighted by Gasteiger charge is 2.06. The van der Waals surface area contributed by atoms with Gasteiger partial charge in [-0.25, -0.2) is 10.4 Å². The molecule has 0 bridgehead atoms. The van der Waals surface area contributed by atoms with Gasteiger partial charge in [0, 0.05) is 5.38 Å². The van der Waals surface area contributed by atoms with E-state index in [1.54, 1.807) is 0 Å². The lowest BCUT2D eigenvalue weighted by atomic mass is 10.1. The number of carbonyl (C=O) groups is 1. The van der Waals surface area contributed by atoms with Crippen LogP contribution >= 0.6 is 11.3 Å². The Morgan fingerprint density at radius 3 is 2.68 bits per heavy atom. The lowest BCUT2D eigenvalue weighted by Gasteiger charge is -2.05. The zero-order valence-corrected chi connectivity index (χ0v) is 13.7. The summed E-state index contributed by atoms with van der Waals surface area (Å²) in [4.78, 5) is 16.1. The normalized spacial score (nSPS) is 11.3. The maximum atomic E-state index is 11.8. The van der Waals surface area contributed by atoms with Gasteiger partial charge in [0.15, 0.2) is 0 Å². The second-order valence-corrected chi connectivity index (χ2v) is 5.79. The molecule has 1 N–H and O–H groups in total. The van der Waals surface area contributed by atoms with Gasteiger partial charge in [0.05, 0.1) is 29.4 Å². The average molecular weight is 317 g/mol. The van der Waals surface area contributed by atoms with E-state index in [2.05, 4.69) is 15.5 Å². The molecule has 0 fully saturated rings. The standard InChI is InChI=1S/C16H19N3O2S/c1-4-21-15-7-5-13(6-8-15)11(2)18-19-16(20)9-14-10-22-12(3)17-14/h5-8,10H,4,9H2,1-3H3,(H,19,20)/b18-11-. The number of hydrogen-bond acceptors (Lipinski definition) is 5. The molecule has 0 aliphatic carbocycles. The Labute approximate surface area is 134 Å². The minimum atomic E-state index is -0.171. The summed E-state index contributed by atoms with van der Waals surface area (Å²) >= 11 is 1.53. The Morgan fingerprint density at radius 1 is 1.36 bits per heavy atom. The molecule has 1 amide bonds. The summed E-state index contributed by atoms with van der Waals surface area (Å²) in [7, 11) is 0. The van der Waals surface area contributed by atoms with Gasteiger partial charge >= 0.3 is 0 Å². The van der Waals surface area contributed by atoms with Crippen molar-refractivity contribution in [3.8, 4) is 5.75 Å². The third kappa shape index (κ3) is 4.66. The first-order valence-corrected chi connectivity index (χ1v) is 7.94. The van der Waals surface area contributed by atoms with E-state index in [0.717, 1.165) is 27.7 Å². The molecule has 0 aliphatic heterocycles. The molecule has 0 atom stereocenters. The fourth-order valence-corrected chi connectivity index (χ4v) is 2.48. The second-order valence-electron chi connectivity index (χ2n) is 4.72.